The second-order valence-electron chi connectivity index (χ2n) is 10.2. The average molecular weight is 531 g/mol. The fraction of sp³-hybridized carbons (Fsp3) is 0.290. The van der Waals surface area contributed by atoms with E-state index in [2.05, 4.69) is 12.1 Å². The Balaban J connectivity index is 1.56. The molecule has 0 saturated carbocycles. The van der Waals surface area contributed by atoms with Crippen LogP contribution in [0, 0.1) is 0 Å². The van der Waals surface area contributed by atoms with Crippen LogP contribution in [0.5, 0.6) is 0 Å². The highest BCUT2D eigenvalue weighted by Gasteiger charge is 2.17. The summed E-state index contributed by atoms with van der Waals surface area (Å²) in [6.07, 6.45) is 2.56. The van der Waals surface area contributed by atoms with E-state index in [9.17, 15) is 9.59 Å². The van der Waals surface area contributed by atoms with Gasteiger partial charge in [-0.2, -0.15) is 0 Å². The van der Waals surface area contributed by atoms with E-state index in [1.54, 1.807) is 18.2 Å². The van der Waals surface area contributed by atoms with Crippen molar-refractivity contribution in [3.63, 3.8) is 0 Å². The number of rotatable bonds is 8. The van der Waals surface area contributed by atoms with Crippen molar-refractivity contribution in [2.45, 2.75) is 52.1 Å². The first-order valence-corrected chi connectivity index (χ1v) is 12.9. The molecule has 38 heavy (non-hydrogen) atoms. The molecule has 0 spiro atoms. The van der Waals surface area contributed by atoms with E-state index < -0.39 is 11.6 Å². The zero-order valence-electron chi connectivity index (χ0n) is 22.1. The summed E-state index contributed by atoms with van der Waals surface area (Å²) in [5, 5.41) is 0.651. The van der Waals surface area contributed by atoms with Crippen LogP contribution >= 0.6 is 11.6 Å². The molecule has 0 N–H and O–H groups in total. The van der Waals surface area contributed by atoms with Crippen molar-refractivity contribution in [2.75, 3.05) is 7.11 Å². The van der Waals surface area contributed by atoms with Gasteiger partial charge in [-0.05, 0) is 81.5 Å². The highest BCUT2D eigenvalue weighted by atomic mass is 35.5. The third kappa shape index (κ3) is 7.17. The molecule has 0 saturated heterocycles. The van der Waals surface area contributed by atoms with Crippen LogP contribution < -0.4 is 0 Å². The summed E-state index contributed by atoms with van der Waals surface area (Å²) in [7, 11) is 1.36. The van der Waals surface area contributed by atoms with Gasteiger partial charge in [0.05, 0.1) is 41.5 Å². The topological polar surface area (TPSA) is 78.4 Å². The molecule has 196 valence electrons. The number of benzene rings is 3. The number of fused-ring (bicyclic) bond motifs is 1. The Morgan fingerprint density at radius 3 is 2.32 bits per heavy atom. The molecule has 4 rings (SSSR count). The van der Waals surface area contributed by atoms with Crippen LogP contribution in [0.2, 0.25) is 5.02 Å². The Kier molecular flexibility index (Phi) is 8.42. The lowest BCUT2D eigenvalue weighted by Gasteiger charge is -2.19. The van der Waals surface area contributed by atoms with Gasteiger partial charge in [-0.25, -0.2) is 14.8 Å². The van der Waals surface area contributed by atoms with Crippen LogP contribution in [-0.2, 0) is 33.5 Å². The molecule has 0 fully saturated rings. The maximum absolute atomic E-state index is 12.2. The summed E-state index contributed by atoms with van der Waals surface area (Å²) in [6.45, 7) is 5.60. The lowest BCUT2D eigenvalue weighted by Crippen LogP contribution is -2.24. The highest BCUT2D eigenvalue weighted by molar-refractivity contribution is 6.30. The van der Waals surface area contributed by atoms with Gasteiger partial charge >= 0.3 is 11.9 Å². The van der Waals surface area contributed by atoms with Gasteiger partial charge in [0.1, 0.15) is 5.60 Å². The van der Waals surface area contributed by atoms with E-state index in [4.69, 9.17) is 31.0 Å². The Morgan fingerprint density at radius 2 is 1.61 bits per heavy atom. The Hall–Kier alpha value is -3.77. The van der Waals surface area contributed by atoms with Crippen molar-refractivity contribution in [2.24, 2.45) is 0 Å². The minimum atomic E-state index is -0.505. The number of methoxy groups -OCH3 is 1. The molecule has 1 aromatic heterocycles. The lowest BCUT2D eigenvalue weighted by atomic mass is 10.0. The summed E-state index contributed by atoms with van der Waals surface area (Å²) in [5.41, 5.74) is 5.89. The third-order valence-electron chi connectivity index (χ3n) is 5.91. The van der Waals surface area contributed by atoms with Crippen LogP contribution in [0.1, 0.15) is 54.4 Å². The van der Waals surface area contributed by atoms with E-state index in [1.165, 1.54) is 7.11 Å². The Bertz CT molecular complexity index is 1460. The number of nitrogens with zero attached hydrogens (tertiary/aromatic N) is 2. The van der Waals surface area contributed by atoms with Gasteiger partial charge in [0.15, 0.2) is 0 Å². The molecule has 0 aliphatic carbocycles. The fourth-order valence-corrected chi connectivity index (χ4v) is 4.37. The molecule has 0 radical (unpaired) electrons. The number of esters is 2. The SMILES string of the molecule is COC(=O)c1ccc2nc(-c3ccc(Cl)cc3)c(CCCc3cccc(CC(=O)OC(C)(C)C)c3)nc2c1. The predicted octanol–water partition coefficient (Wildman–Crippen LogP) is 6.80. The predicted molar refractivity (Wildman–Crippen MR) is 149 cm³/mol. The lowest BCUT2D eigenvalue weighted by molar-refractivity contribution is -0.153. The maximum Gasteiger partial charge on any atom is 0.337 e. The number of ether oxygens (including phenoxy) is 2. The molecular formula is C31H31ClN2O4. The summed E-state index contributed by atoms with van der Waals surface area (Å²) >= 11 is 6.11. The second kappa shape index (κ2) is 11.7. The van der Waals surface area contributed by atoms with Gasteiger partial charge in [-0.3, -0.25) is 4.79 Å². The van der Waals surface area contributed by atoms with Crippen molar-refractivity contribution in [1.82, 2.24) is 9.97 Å². The molecule has 6 nitrogen and oxygen atoms in total. The van der Waals surface area contributed by atoms with Gasteiger partial charge in [-0.15, -0.1) is 0 Å². The number of carbonyl (C=O) groups is 2. The fourth-order valence-electron chi connectivity index (χ4n) is 4.25. The normalized spacial score (nSPS) is 11.4. The first-order chi connectivity index (χ1) is 18.1. The molecule has 1 heterocycles. The average Bonchev–Trinajstić information content (AvgIpc) is 2.87. The van der Waals surface area contributed by atoms with Crippen LogP contribution in [-0.4, -0.2) is 34.6 Å². The molecule has 3 aromatic carbocycles. The molecule has 7 heteroatoms. The summed E-state index contributed by atoms with van der Waals surface area (Å²) < 4.78 is 10.3. The van der Waals surface area contributed by atoms with Crippen molar-refractivity contribution >= 4 is 34.6 Å². The monoisotopic (exact) mass is 530 g/mol. The van der Waals surface area contributed by atoms with Gasteiger partial charge < -0.3 is 9.47 Å². The number of hydrogen-bond donors (Lipinski definition) is 0. The first kappa shape index (κ1) is 27.3. The van der Waals surface area contributed by atoms with Crippen LogP contribution in [0.3, 0.4) is 0 Å². The van der Waals surface area contributed by atoms with E-state index in [0.29, 0.717) is 28.0 Å². The molecule has 0 aliphatic rings. The van der Waals surface area contributed by atoms with Crippen molar-refractivity contribution in [3.8, 4) is 11.3 Å². The standard InChI is InChI=1S/C31H31ClN2O4/c1-31(2,3)38-28(35)18-21-9-5-7-20(17-21)8-6-10-26-29(22-11-14-24(32)15-12-22)34-25-16-13-23(30(36)37-4)19-27(25)33-26/h5,7,9,11-17,19H,6,8,10,18H2,1-4H3. The molecule has 4 aromatic rings. The van der Waals surface area contributed by atoms with E-state index in [0.717, 1.165) is 40.9 Å². The Labute approximate surface area is 228 Å². The van der Waals surface area contributed by atoms with Gasteiger partial charge in [0.25, 0.3) is 0 Å². The number of carbonyl (C=O) groups excluding carboxylic acids is 2. The first-order valence-electron chi connectivity index (χ1n) is 12.6. The van der Waals surface area contributed by atoms with Crippen LogP contribution in [0.15, 0.2) is 66.7 Å². The van der Waals surface area contributed by atoms with Gasteiger partial charge in [-0.1, -0.05) is 48.0 Å². The number of hydrogen-bond acceptors (Lipinski definition) is 6. The minimum absolute atomic E-state index is 0.236. The smallest absolute Gasteiger partial charge is 0.337 e. The van der Waals surface area contributed by atoms with Crippen LogP contribution in [0.25, 0.3) is 22.3 Å². The maximum atomic E-state index is 12.2. The van der Waals surface area contributed by atoms with Crippen molar-refractivity contribution in [3.05, 3.63) is 94.1 Å². The number of aryl methyl sites for hydroxylation is 2. The molecule has 0 amide bonds. The largest absolute Gasteiger partial charge is 0.465 e. The molecule has 0 bridgehead atoms. The second-order valence-corrected chi connectivity index (χ2v) is 10.6. The van der Waals surface area contributed by atoms with Gasteiger partial charge in [0.2, 0.25) is 0 Å². The molecular weight excluding hydrogens is 500 g/mol. The zero-order chi connectivity index (χ0) is 27.3. The summed E-state index contributed by atoms with van der Waals surface area (Å²) in [5.74, 6) is -0.650. The summed E-state index contributed by atoms with van der Waals surface area (Å²) in [6, 6.07) is 20.8. The van der Waals surface area contributed by atoms with Gasteiger partial charge in [0, 0.05) is 10.6 Å². The third-order valence-corrected chi connectivity index (χ3v) is 6.17. The quantitative estimate of drug-likeness (QED) is 0.233. The van der Waals surface area contributed by atoms with Crippen LogP contribution in [0.4, 0.5) is 0 Å². The highest BCUT2D eigenvalue weighted by Crippen LogP contribution is 2.27. The summed E-state index contributed by atoms with van der Waals surface area (Å²) in [4.78, 5) is 34.1. The van der Waals surface area contributed by atoms with E-state index >= 15 is 0 Å². The molecule has 0 atom stereocenters. The number of aromatic nitrogens is 2. The molecule has 0 unspecified atom stereocenters. The van der Waals surface area contributed by atoms with E-state index in [1.807, 2.05) is 57.2 Å². The minimum Gasteiger partial charge on any atom is -0.465 e. The Morgan fingerprint density at radius 1 is 0.868 bits per heavy atom. The van der Waals surface area contributed by atoms with E-state index in [-0.39, 0.29) is 12.4 Å². The van der Waals surface area contributed by atoms with Crippen molar-refractivity contribution < 1.29 is 19.1 Å². The number of halogens is 1. The zero-order valence-corrected chi connectivity index (χ0v) is 22.8. The van der Waals surface area contributed by atoms with Crippen molar-refractivity contribution in [1.29, 1.82) is 0 Å². The molecule has 0 aliphatic heterocycles.